The Balaban J connectivity index is -0.0000000720. The first kappa shape index (κ1) is 16.2. The fourth-order valence-corrected chi connectivity index (χ4v) is 0. The Morgan fingerprint density at radius 3 is 0.778 bits per heavy atom. The Morgan fingerprint density at radius 2 is 0.778 bits per heavy atom. The molecule has 0 bridgehead atoms. The second kappa shape index (κ2) is 11.3. The van der Waals surface area contributed by atoms with Crippen LogP contribution in [0.5, 0.6) is 0 Å². The van der Waals surface area contributed by atoms with E-state index in [9.17, 15) is 0 Å². The molecule has 0 saturated carbocycles. The van der Waals surface area contributed by atoms with Crippen LogP contribution in [0.3, 0.4) is 0 Å². The molecule has 0 aromatic rings. The van der Waals surface area contributed by atoms with E-state index in [1.807, 2.05) is 0 Å². The minimum absolute atomic E-state index is 0. The maximum Gasteiger partial charge on any atom is 0.0483 e. The molecule has 0 rings (SSSR count). The predicted molar refractivity (Wildman–Crippen MR) is 34.7 cm³/mol. The molecular formula is C6H16CoO2. The molecule has 1 radical (unpaired) electrons. The van der Waals surface area contributed by atoms with Crippen molar-refractivity contribution in [2.75, 3.05) is 0 Å². The quantitative estimate of drug-likeness (QED) is 0.576. The standard InChI is InChI=1S/2C3H8O.Co/c2*1-3(2)4;/h2*3-4H,1-2H3;. The minimum atomic E-state index is -0.167. The number of aliphatic hydroxyl groups excluding tert-OH is 2. The van der Waals surface area contributed by atoms with Gasteiger partial charge in [-0.15, -0.1) is 0 Å². The summed E-state index contributed by atoms with van der Waals surface area (Å²) in [5, 5.41) is 16.1. The summed E-state index contributed by atoms with van der Waals surface area (Å²) in [4.78, 5) is 0. The first-order chi connectivity index (χ1) is 3.46. The predicted octanol–water partition coefficient (Wildman–Crippen LogP) is 0.772. The van der Waals surface area contributed by atoms with Crippen LogP contribution in [0.2, 0.25) is 0 Å². The van der Waals surface area contributed by atoms with E-state index in [1.54, 1.807) is 27.7 Å². The van der Waals surface area contributed by atoms with Crippen LogP contribution in [0.25, 0.3) is 0 Å². The molecule has 0 spiro atoms. The molecule has 0 aliphatic heterocycles. The molecule has 9 heavy (non-hydrogen) atoms. The summed E-state index contributed by atoms with van der Waals surface area (Å²) in [6.07, 6.45) is -0.333. The molecule has 0 atom stereocenters. The average Bonchev–Trinajstić information content (AvgIpc) is 1.25. The molecular weight excluding hydrogens is 163 g/mol. The van der Waals surface area contributed by atoms with Crippen LogP contribution in [0.15, 0.2) is 0 Å². The van der Waals surface area contributed by atoms with Crippen LogP contribution in [-0.2, 0) is 16.8 Å². The molecule has 0 aliphatic rings. The van der Waals surface area contributed by atoms with Gasteiger partial charge in [0.2, 0.25) is 0 Å². The molecule has 61 valence electrons. The van der Waals surface area contributed by atoms with Crippen molar-refractivity contribution in [2.45, 2.75) is 39.9 Å². The Kier molecular flexibility index (Phi) is 20.3. The van der Waals surface area contributed by atoms with Gasteiger partial charge in [-0.05, 0) is 27.7 Å². The Bertz CT molecular complexity index is 26.5. The summed E-state index contributed by atoms with van der Waals surface area (Å²) >= 11 is 0. The van der Waals surface area contributed by atoms with Gasteiger partial charge >= 0.3 is 0 Å². The molecule has 0 amide bonds. The number of hydrogen-bond acceptors (Lipinski definition) is 2. The van der Waals surface area contributed by atoms with Crippen LogP contribution in [0.1, 0.15) is 27.7 Å². The van der Waals surface area contributed by atoms with Crippen LogP contribution >= 0.6 is 0 Å². The summed E-state index contributed by atoms with van der Waals surface area (Å²) < 4.78 is 0. The van der Waals surface area contributed by atoms with Crippen molar-refractivity contribution >= 4 is 0 Å². The number of rotatable bonds is 0. The van der Waals surface area contributed by atoms with Gasteiger partial charge in [0.1, 0.15) is 0 Å². The Morgan fingerprint density at radius 1 is 0.778 bits per heavy atom. The zero-order chi connectivity index (χ0) is 7.15. The first-order valence-corrected chi connectivity index (χ1v) is 2.83. The van der Waals surface area contributed by atoms with Crippen molar-refractivity contribution in [3.63, 3.8) is 0 Å². The average molecular weight is 179 g/mol. The maximum absolute atomic E-state index is 8.06. The van der Waals surface area contributed by atoms with Crippen LogP contribution in [0, 0.1) is 0 Å². The Labute approximate surface area is 67.5 Å². The van der Waals surface area contributed by atoms with Gasteiger partial charge < -0.3 is 10.2 Å². The number of hydrogen-bond donors (Lipinski definition) is 2. The third-order valence-electron chi connectivity index (χ3n) is 0. The van der Waals surface area contributed by atoms with Gasteiger partial charge in [-0.3, -0.25) is 0 Å². The first-order valence-electron chi connectivity index (χ1n) is 2.83. The molecule has 0 aliphatic carbocycles. The van der Waals surface area contributed by atoms with Crippen molar-refractivity contribution in [3.05, 3.63) is 0 Å². The topological polar surface area (TPSA) is 40.5 Å². The summed E-state index contributed by atoms with van der Waals surface area (Å²) in [6, 6.07) is 0. The van der Waals surface area contributed by atoms with Crippen molar-refractivity contribution in [2.24, 2.45) is 0 Å². The van der Waals surface area contributed by atoms with Crippen LogP contribution < -0.4 is 0 Å². The zero-order valence-corrected chi connectivity index (χ0v) is 7.42. The smallest absolute Gasteiger partial charge is 0.0483 e. The molecule has 0 fully saturated rings. The van der Waals surface area contributed by atoms with Crippen molar-refractivity contribution in [1.82, 2.24) is 0 Å². The van der Waals surface area contributed by atoms with Gasteiger partial charge in [-0.2, -0.15) is 0 Å². The summed E-state index contributed by atoms with van der Waals surface area (Å²) in [7, 11) is 0. The molecule has 2 N–H and O–H groups in total. The SMILES string of the molecule is CC(C)O.CC(C)O.[Co]. The Hall–Kier alpha value is 0.426. The van der Waals surface area contributed by atoms with E-state index < -0.39 is 0 Å². The van der Waals surface area contributed by atoms with E-state index in [-0.39, 0.29) is 29.0 Å². The van der Waals surface area contributed by atoms with E-state index in [2.05, 4.69) is 0 Å². The van der Waals surface area contributed by atoms with Gasteiger partial charge in [0.15, 0.2) is 0 Å². The third kappa shape index (κ3) is 1910. The van der Waals surface area contributed by atoms with Gasteiger partial charge in [-0.1, -0.05) is 0 Å². The molecule has 2 nitrogen and oxygen atoms in total. The van der Waals surface area contributed by atoms with E-state index >= 15 is 0 Å². The van der Waals surface area contributed by atoms with Gasteiger partial charge in [0.25, 0.3) is 0 Å². The van der Waals surface area contributed by atoms with Crippen LogP contribution in [-0.4, -0.2) is 22.4 Å². The van der Waals surface area contributed by atoms with Gasteiger partial charge in [0.05, 0.1) is 0 Å². The fourth-order valence-electron chi connectivity index (χ4n) is 0. The molecule has 0 aromatic carbocycles. The van der Waals surface area contributed by atoms with E-state index in [1.165, 1.54) is 0 Å². The molecule has 0 unspecified atom stereocenters. The second-order valence-corrected chi connectivity index (χ2v) is 2.19. The molecule has 0 heterocycles. The van der Waals surface area contributed by atoms with E-state index in [0.29, 0.717) is 0 Å². The van der Waals surface area contributed by atoms with Crippen molar-refractivity contribution < 1.29 is 27.0 Å². The van der Waals surface area contributed by atoms with Gasteiger partial charge in [0, 0.05) is 29.0 Å². The van der Waals surface area contributed by atoms with E-state index in [4.69, 9.17) is 10.2 Å². The zero-order valence-electron chi connectivity index (χ0n) is 6.38. The largest absolute Gasteiger partial charge is 0.394 e. The summed E-state index contributed by atoms with van der Waals surface area (Å²) in [5.74, 6) is 0. The summed E-state index contributed by atoms with van der Waals surface area (Å²) in [6.45, 7) is 6.89. The molecule has 0 saturated heterocycles. The van der Waals surface area contributed by atoms with Gasteiger partial charge in [-0.25, -0.2) is 0 Å². The molecule has 3 heteroatoms. The van der Waals surface area contributed by atoms with Crippen molar-refractivity contribution in [1.29, 1.82) is 0 Å². The second-order valence-electron chi connectivity index (χ2n) is 2.19. The third-order valence-corrected chi connectivity index (χ3v) is 0. The fraction of sp³-hybridized carbons (Fsp3) is 1.00. The molecule has 0 aromatic heterocycles. The van der Waals surface area contributed by atoms with Crippen molar-refractivity contribution in [3.8, 4) is 0 Å². The normalized spacial score (nSPS) is 8.00. The minimum Gasteiger partial charge on any atom is -0.394 e. The monoisotopic (exact) mass is 179 g/mol. The maximum atomic E-state index is 8.06. The van der Waals surface area contributed by atoms with Crippen LogP contribution in [0.4, 0.5) is 0 Å². The van der Waals surface area contributed by atoms with E-state index in [0.717, 1.165) is 0 Å². The number of aliphatic hydroxyl groups is 2. The summed E-state index contributed by atoms with van der Waals surface area (Å²) in [5.41, 5.74) is 0.